The predicted molar refractivity (Wildman–Crippen MR) is 142 cm³/mol. The van der Waals surface area contributed by atoms with Gasteiger partial charge in [0.15, 0.2) is 0 Å². The van der Waals surface area contributed by atoms with Gasteiger partial charge in [0.1, 0.15) is 11.5 Å². The van der Waals surface area contributed by atoms with Gasteiger partial charge in [0.05, 0.1) is 23.6 Å². The van der Waals surface area contributed by atoms with Crippen LogP contribution in [0.3, 0.4) is 0 Å². The number of amides is 2. The first kappa shape index (κ1) is 28.7. The van der Waals surface area contributed by atoms with Gasteiger partial charge in [-0.1, -0.05) is 0 Å². The van der Waals surface area contributed by atoms with Crippen LogP contribution < -0.4 is 32.1 Å². The Morgan fingerprint density at radius 1 is 1.11 bits per heavy atom. The quantitative estimate of drug-likeness (QED) is 0.191. The molecule has 5 aliphatic rings. The fraction of sp³-hybridized carbons (Fsp3) is 0.917. The van der Waals surface area contributed by atoms with Crippen LogP contribution in [0.4, 0.5) is 8.78 Å². The monoisotopic (exact) mass is 579 g/mol. The maximum atomic E-state index is 13.5. The van der Waals surface area contributed by atoms with E-state index >= 15 is 0 Å². The first-order valence-electron chi connectivity index (χ1n) is 13.7. The van der Waals surface area contributed by atoms with Gasteiger partial charge < -0.3 is 20.3 Å². The Morgan fingerprint density at radius 2 is 1.92 bits per heavy atom. The molecule has 5 heterocycles. The third-order valence-electron chi connectivity index (χ3n) is 8.85. The standard InChI is InChI=1S/C24H40ClF2N7O3S/c1-11-5-12(13-6-20(25)29-8-18(13)37-2)14(7-28-11)22(35)31-24-30-17-9-34(10-19(17)38-24)23(36)16-4-3-15(21(26)27)32-33-16/h11-21,24,28-30,32-33H,3-10H2,1-2H3,(H,31,35). The number of carbonyl (C=O) groups excluding carboxylic acids is 2. The zero-order chi connectivity index (χ0) is 27.0. The molecule has 0 radical (unpaired) electrons. The minimum Gasteiger partial charge on any atom is -0.380 e. The van der Waals surface area contributed by atoms with Gasteiger partial charge in [-0.15, -0.1) is 23.4 Å². The number of hydrogen-bond donors (Lipinski definition) is 6. The third-order valence-corrected chi connectivity index (χ3v) is 10.5. The Kier molecular flexibility index (Phi) is 9.35. The number of rotatable bonds is 6. The van der Waals surface area contributed by atoms with Gasteiger partial charge in [-0.05, 0) is 44.4 Å². The molecular weight excluding hydrogens is 540 g/mol. The molecule has 0 aromatic heterocycles. The van der Waals surface area contributed by atoms with Crippen molar-refractivity contribution in [1.82, 2.24) is 37.0 Å². The molecule has 0 bridgehead atoms. The van der Waals surface area contributed by atoms with Gasteiger partial charge >= 0.3 is 0 Å². The third kappa shape index (κ3) is 6.24. The van der Waals surface area contributed by atoms with E-state index in [1.165, 1.54) is 0 Å². The van der Waals surface area contributed by atoms with Gasteiger partial charge in [0, 0.05) is 50.6 Å². The average Bonchev–Trinajstić information content (AvgIpc) is 3.47. The zero-order valence-electron chi connectivity index (χ0n) is 21.8. The molecule has 10 nitrogen and oxygen atoms in total. The summed E-state index contributed by atoms with van der Waals surface area (Å²) in [7, 11) is 1.72. The second-order valence-corrected chi connectivity index (χ2v) is 13.2. The fourth-order valence-corrected chi connectivity index (χ4v) is 8.44. The van der Waals surface area contributed by atoms with E-state index < -0.39 is 18.5 Å². The summed E-state index contributed by atoms with van der Waals surface area (Å²) in [5.41, 5.74) is 5.02. The molecule has 11 atom stereocenters. The SMILES string of the molecule is COC1CNC(Cl)CC1C1CC(C)NCC1C(=O)NC1NC2CN(C(=O)C3CCC(C(F)F)NN3)CC2S1. The predicted octanol–water partition coefficient (Wildman–Crippen LogP) is -0.00410. The van der Waals surface area contributed by atoms with E-state index in [1.54, 1.807) is 23.8 Å². The number of halogens is 3. The van der Waals surface area contributed by atoms with Crippen LogP contribution in [0.15, 0.2) is 0 Å². The van der Waals surface area contributed by atoms with Crippen molar-refractivity contribution in [1.29, 1.82) is 0 Å². The molecule has 38 heavy (non-hydrogen) atoms. The van der Waals surface area contributed by atoms with Gasteiger partial charge in [-0.2, -0.15) is 0 Å². The summed E-state index contributed by atoms with van der Waals surface area (Å²) in [6.07, 6.45) is -0.146. The van der Waals surface area contributed by atoms with Crippen LogP contribution in [0, 0.1) is 17.8 Å². The number of ether oxygens (including phenoxy) is 1. The summed E-state index contributed by atoms with van der Waals surface area (Å²) < 4.78 is 31.5. The highest BCUT2D eigenvalue weighted by Gasteiger charge is 2.47. The fourth-order valence-electron chi connectivity index (χ4n) is 6.74. The zero-order valence-corrected chi connectivity index (χ0v) is 23.4. The number of thioether (sulfide) groups is 1. The molecule has 2 amide bonds. The van der Waals surface area contributed by atoms with Crippen LogP contribution in [0.1, 0.15) is 32.6 Å². The van der Waals surface area contributed by atoms with Crippen molar-refractivity contribution in [2.75, 3.05) is 33.3 Å². The molecule has 6 N–H and O–H groups in total. The molecule has 11 unspecified atom stereocenters. The molecule has 216 valence electrons. The number of hydrazine groups is 1. The Hall–Kier alpha value is -0.800. The second-order valence-electron chi connectivity index (χ2n) is 11.3. The Morgan fingerprint density at radius 3 is 2.61 bits per heavy atom. The van der Waals surface area contributed by atoms with Crippen LogP contribution >= 0.6 is 23.4 Å². The summed E-state index contributed by atoms with van der Waals surface area (Å²) in [4.78, 5) is 28.3. The molecular formula is C24H40ClF2N7O3S. The van der Waals surface area contributed by atoms with Gasteiger partial charge in [0.2, 0.25) is 11.8 Å². The number of carbonyl (C=O) groups is 2. The highest BCUT2D eigenvalue weighted by Crippen LogP contribution is 2.38. The minimum atomic E-state index is -2.46. The molecule has 5 rings (SSSR count). The van der Waals surface area contributed by atoms with E-state index in [1.807, 2.05) is 0 Å². The summed E-state index contributed by atoms with van der Waals surface area (Å²) in [5, 5.41) is 13.6. The number of alkyl halides is 3. The molecule has 0 aromatic carbocycles. The van der Waals surface area contributed by atoms with Crippen molar-refractivity contribution in [3.8, 4) is 0 Å². The summed E-state index contributed by atoms with van der Waals surface area (Å²) in [5.74, 6) is 0.141. The number of methoxy groups -OCH3 is 1. The van der Waals surface area contributed by atoms with Crippen LogP contribution in [0.2, 0.25) is 0 Å². The Labute approximate surface area is 231 Å². The van der Waals surface area contributed by atoms with Crippen molar-refractivity contribution in [2.24, 2.45) is 17.8 Å². The maximum absolute atomic E-state index is 13.5. The molecule has 0 saturated carbocycles. The first-order chi connectivity index (χ1) is 18.2. The molecule has 5 fully saturated rings. The van der Waals surface area contributed by atoms with Crippen LogP contribution in [-0.4, -0.2) is 103 Å². The van der Waals surface area contributed by atoms with Gasteiger partial charge in [0.25, 0.3) is 6.43 Å². The van der Waals surface area contributed by atoms with Gasteiger partial charge in [-0.3, -0.25) is 20.2 Å². The van der Waals surface area contributed by atoms with E-state index in [-0.39, 0.29) is 64.4 Å². The van der Waals surface area contributed by atoms with E-state index in [0.29, 0.717) is 38.6 Å². The second kappa shape index (κ2) is 12.4. The normalized spacial score (nSPS) is 43.7. The maximum Gasteiger partial charge on any atom is 0.255 e. The number of nitrogens with zero attached hydrogens (tertiary/aromatic N) is 1. The number of fused-ring (bicyclic) bond motifs is 1. The molecule has 5 saturated heterocycles. The molecule has 5 aliphatic heterocycles. The van der Waals surface area contributed by atoms with Crippen LogP contribution in [0.5, 0.6) is 0 Å². The van der Waals surface area contributed by atoms with E-state index in [2.05, 4.69) is 39.0 Å². The molecule has 0 aromatic rings. The van der Waals surface area contributed by atoms with Crippen molar-refractivity contribution < 1.29 is 23.1 Å². The smallest absolute Gasteiger partial charge is 0.255 e. The summed E-state index contributed by atoms with van der Waals surface area (Å²) >= 11 is 8.09. The number of hydrogen-bond acceptors (Lipinski definition) is 9. The molecule has 0 aliphatic carbocycles. The lowest BCUT2D eigenvalue weighted by molar-refractivity contribution is -0.134. The van der Waals surface area contributed by atoms with E-state index in [4.69, 9.17) is 16.3 Å². The number of piperidine rings is 2. The van der Waals surface area contributed by atoms with Crippen LogP contribution in [-0.2, 0) is 14.3 Å². The van der Waals surface area contributed by atoms with Crippen molar-refractivity contribution in [2.45, 2.75) is 85.6 Å². The summed E-state index contributed by atoms with van der Waals surface area (Å²) in [6.45, 7) is 4.55. The average molecular weight is 580 g/mol. The van der Waals surface area contributed by atoms with E-state index in [0.717, 1.165) is 12.8 Å². The molecule has 0 spiro atoms. The number of nitrogens with one attached hydrogen (secondary N) is 6. The first-order valence-corrected chi connectivity index (χ1v) is 15.0. The minimum absolute atomic E-state index is 0.0209. The highest BCUT2D eigenvalue weighted by molar-refractivity contribution is 8.00. The van der Waals surface area contributed by atoms with Crippen molar-refractivity contribution in [3.63, 3.8) is 0 Å². The lowest BCUT2D eigenvalue weighted by atomic mass is 9.70. The lowest BCUT2D eigenvalue weighted by Gasteiger charge is -2.45. The Balaban J connectivity index is 1.13. The van der Waals surface area contributed by atoms with Gasteiger partial charge in [-0.25, -0.2) is 19.6 Å². The lowest BCUT2D eigenvalue weighted by Crippen LogP contribution is -2.59. The van der Waals surface area contributed by atoms with Crippen LogP contribution in [0.25, 0.3) is 0 Å². The van der Waals surface area contributed by atoms with Crippen molar-refractivity contribution in [3.05, 3.63) is 0 Å². The largest absolute Gasteiger partial charge is 0.380 e. The van der Waals surface area contributed by atoms with E-state index in [9.17, 15) is 18.4 Å². The topological polar surface area (TPSA) is 119 Å². The number of likely N-dealkylation sites (tertiary alicyclic amines) is 1. The highest BCUT2D eigenvalue weighted by atomic mass is 35.5. The Bertz CT molecular complexity index is 844. The summed E-state index contributed by atoms with van der Waals surface area (Å²) in [6, 6.07) is -1.03. The molecule has 14 heteroatoms. The van der Waals surface area contributed by atoms with Crippen molar-refractivity contribution >= 4 is 35.2 Å².